The van der Waals surface area contributed by atoms with Crippen molar-refractivity contribution in [3.05, 3.63) is 54.3 Å². The maximum absolute atomic E-state index is 13.0. The van der Waals surface area contributed by atoms with Gasteiger partial charge < -0.3 is 19.9 Å². The van der Waals surface area contributed by atoms with Crippen molar-refractivity contribution in [2.24, 2.45) is 0 Å². The van der Waals surface area contributed by atoms with E-state index in [-0.39, 0.29) is 19.0 Å². The second-order valence-electron chi connectivity index (χ2n) is 4.54. The van der Waals surface area contributed by atoms with Gasteiger partial charge in [-0.1, -0.05) is 12.1 Å². The molecule has 21 heavy (non-hydrogen) atoms. The van der Waals surface area contributed by atoms with Crippen LogP contribution < -0.4 is 14.8 Å². The number of aliphatic hydroxyl groups is 1. The maximum atomic E-state index is 13.0. The molecule has 0 aliphatic carbocycles. The van der Waals surface area contributed by atoms with E-state index in [4.69, 9.17) is 9.47 Å². The summed E-state index contributed by atoms with van der Waals surface area (Å²) in [6, 6.07) is 13.2. The summed E-state index contributed by atoms with van der Waals surface area (Å²) in [4.78, 5) is 0. The van der Waals surface area contributed by atoms with Crippen LogP contribution in [0.2, 0.25) is 0 Å². The number of nitrogens with one attached hydrogen (secondary N) is 1. The highest BCUT2D eigenvalue weighted by Gasteiger charge is 2.06. The molecule has 0 heterocycles. The first kappa shape index (κ1) is 15.1. The fourth-order valence-electron chi connectivity index (χ4n) is 1.78. The third-order valence-corrected chi connectivity index (χ3v) is 2.85. The first-order valence-corrected chi connectivity index (χ1v) is 6.62. The van der Waals surface area contributed by atoms with Crippen LogP contribution in [0.5, 0.6) is 11.5 Å². The Bertz CT molecular complexity index is 577. The number of halogens is 1. The first-order valence-electron chi connectivity index (χ1n) is 6.62. The highest BCUT2D eigenvalue weighted by molar-refractivity contribution is 5.43. The van der Waals surface area contributed by atoms with E-state index < -0.39 is 6.10 Å². The average Bonchev–Trinajstić information content (AvgIpc) is 2.51. The van der Waals surface area contributed by atoms with Crippen molar-refractivity contribution in [1.29, 1.82) is 0 Å². The van der Waals surface area contributed by atoms with Crippen LogP contribution in [0.3, 0.4) is 0 Å². The Morgan fingerprint density at radius 3 is 2.67 bits per heavy atom. The zero-order valence-electron chi connectivity index (χ0n) is 11.8. The van der Waals surface area contributed by atoms with Gasteiger partial charge in [0.1, 0.15) is 30.0 Å². The van der Waals surface area contributed by atoms with Crippen molar-refractivity contribution in [3.8, 4) is 11.5 Å². The molecule has 0 radical (unpaired) electrons. The third-order valence-electron chi connectivity index (χ3n) is 2.85. The summed E-state index contributed by atoms with van der Waals surface area (Å²) >= 11 is 0. The molecule has 2 aromatic rings. The SMILES string of the molecule is COc1cccc(OCC(O)CNc2cccc(F)c2)c1. The summed E-state index contributed by atoms with van der Waals surface area (Å²) in [7, 11) is 1.58. The lowest BCUT2D eigenvalue weighted by atomic mass is 10.3. The van der Waals surface area contributed by atoms with Gasteiger partial charge in [-0.2, -0.15) is 0 Å². The maximum Gasteiger partial charge on any atom is 0.125 e. The molecular formula is C16H18FNO3. The van der Waals surface area contributed by atoms with Crippen molar-refractivity contribution in [1.82, 2.24) is 0 Å². The molecule has 4 nitrogen and oxygen atoms in total. The molecule has 0 fully saturated rings. The summed E-state index contributed by atoms with van der Waals surface area (Å²) in [5.41, 5.74) is 0.621. The topological polar surface area (TPSA) is 50.7 Å². The molecule has 2 aromatic carbocycles. The van der Waals surface area contributed by atoms with Gasteiger partial charge in [0.15, 0.2) is 0 Å². The number of methoxy groups -OCH3 is 1. The largest absolute Gasteiger partial charge is 0.497 e. The molecular weight excluding hydrogens is 273 g/mol. The fourth-order valence-corrected chi connectivity index (χ4v) is 1.78. The van der Waals surface area contributed by atoms with Gasteiger partial charge in [0.2, 0.25) is 0 Å². The van der Waals surface area contributed by atoms with Gasteiger partial charge in [-0.3, -0.25) is 0 Å². The number of hydrogen-bond acceptors (Lipinski definition) is 4. The Kier molecular flexibility index (Phi) is 5.40. The minimum Gasteiger partial charge on any atom is -0.497 e. The van der Waals surface area contributed by atoms with Crippen LogP contribution in [0.15, 0.2) is 48.5 Å². The van der Waals surface area contributed by atoms with E-state index >= 15 is 0 Å². The summed E-state index contributed by atoms with van der Waals surface area (Å²) in [5.74, 6) is 1.00. The van der Waals surface area contributed by atoms with Gasteiger partial charge in [-0.05, 0) is 30.3 Å². The van der Waals surface area contributed by atoms with Gasteiger partial charge in [0, 0.05) is 18.3 Å². The van der Waals surface area contributed by atoms with E-state index in [9.17, 15) is 9.50 Å². The Balaban J connectivity index is 1.78. The number of ether oxygens (including phenoxy) is 2. The second kappa shape index (κ2) is 7.50. The van der Waals surface area contributed by atoms with Crippen molar-refractivity contribution < 1.29 is 19.0 Å². The summed E-state index contributed by atoms with van der Waals surface area (Å²) in [6.07, 6.45) is -0.709. The van der Waals surface area contributed by atoms with Crippen molar-refractivity contribution in [2.75, 3.05) is 25.6 Å². The Morgan fingerprint density at radius 1 is 1.14 bits per heavy atom. The average molecular weight is 291 g/mol. The molecule has 1 atom stereocenters. The molecule has 112 valence electrons. The smallest absolute Gasteiger partial charge is 0.125 e. The molecule has 2 rings (SSSR count). The summed E-state index contributed by atoms with van der Waals surface area (Å²) in [5, 5.41) is 12.8. The summed E-state index contributed by atoms with van der Waals surface area (Å²) < 4.78 is 23.6. The molecule has 0 saturated carbocycles. The predicted octanol–water partition coefficient (Wildman–Crippen LogP) is 2.69. The van der Waals surface area contributed by atoms with Gasteiger partial charge in [-0.15, -0.1) is 0 Å². The van der Waals surface area contributed by atoms with Crippen LogP contribution in [0.25, 0.3) is 0 Å². The molecule has 0 aliphatic rings. The molecule has 2 N–H and O–H groups in total. The number of aliphatic hydroxyl groups excluding tert-OH is 1. The van der Waals surface area contributed by atoms with Crippen LogP contribution in [0, 0.1) is 5.82 Å². The Hall–Kier alpha value is -2.27. The first-order chi connectivity index (χ1) is 10.2. The molecule has 0 spiro atoms. The second-order valence-corrected chi connectivity index (χ2v) is 4.54. The Morgan fingerprint density at radius 2 is 1.90 bits per heavy atom. The zero-order valence-corrected chi connectivity index (χ0v) is 11.8. The molecule has 0 aliphatic heterocycles. The van der Waals surface area contributed by atoms with Crippen molar-refractivity contribution in [3.63, 3.8) is 0 Å². The van der Waals surface area contributed by atoms with E-state index in [0.29, 0.717) is 17.2 Å². The molecule has 5 heteroatoms. The van der Waals surface area contributed by atoms with Crippen LogP contribution in [-0.2, 0) is 0 Å². The zero-order chi connectivity index (χ0) is 15.1. The minimum atomic E-state index is -0.709. The van der Waals surface area contributed by atoms with Gasteiger partial charge in [-0.25, -0.2) is 4.39 Å². The van der Waals surface area contributed by atoms with Gasteiger partial charge in [0.05, 0.1) is 7.11 Å². The highest BCUT2D eigenvalue weighted by atomic mass is 19.1. The van der Waals surface area contributed by atoms with Crippen molar-refractivity contribution >= 4 is 5.69 Å². The van der Waals surface area contributed by atoms with E-state index in [2.05, 4.69) is 5.32 Å². The van der Waals surface area contributed by atoms with Crippen LogP contribution in [0.1, 0.15) is 0 Å². The predicted molar refractivity (Wildman–Crippen MR) is 79.4 cm³/mol. The standard InChI is InChI=1S/C16H18FNO3/c1-20-15-6-3-7-16(9-15)21-11-14(19)10-18-13-5-2-4-12(17)8-13/h2-9,14,18-19H,10-11H2,1H3. The number of anilines is 1. The number of rotatable bonds is 7. The van der Waals surface area contributed by atoms with E-state index in [1.165, 1.54) is 12.1 Å². The molecule has 0 saturated heterocycles. The lowest BCUT2D eigenvalue weighted by Crippen LogP contribution is -2.26. The quantitative estimate of drug-likeness (QED) is 0.823. The van der Waals surface area contributed by atoms with Crippen molar-refractivity contribution in [2.45, 2.75) is 6.10 Å². The normalized spacial score (nSPS) is 11.8. The number of benzene rings is 2. The molecule has 0 bridgehead atoms. The van der Waals surface area contributed by atoms with Crippen LogP contribution in [0.4, 0.5) is 10.1 Å². The minimum absolute atomic E-state index is 0.134. The summed E-state index contributed by atoms with van der Waals surface area (Å²) in [6.45, 7) is 0.406. The molecule has 0 amide bonds. The van der Waals surface area contributed by atoms with E-state index in [0.717, 1.165) is 0 Å². The number of hydrogen-bond donors (Lipinski definition) is 2. The molecule has 0 aromatic heterocycles. The Labute approximate surface area is 123 Å². The van der Waals surface area contributed by atoms with E-state index in [1.54, 1.807) is 31.4 Å². The third kappa shape index (κ3) is 4.96. The molecule has 1 unspecified atom stereocenters. The van der Waals surface area contributed by atoms with E-state index in [1.807, 2.05) is 12.1 Å². The lowest BCUT2D eigenvalue weighted by Gasteiger charge is -2.14. The monoisotopic (exact) mass is 291 g/mol. The van der Waals surface area contributed by atoms with Gasteiger partial charge in [0.25, 0.3) is 0 Å². The van der Waals surface area contributed by atoms with Gasteiger partial charge >= 0.3 is 0 Å². The van der Waals surface area contributed by atoms with Crippen LogP contribution >= 0.6 is 0 Å². The lowest BCUT2D eigenvalue weighted by molar-refractivity contribution is 0.117. The van der Waals surface area contributed by atoms with Crippen LogP contribution in [-0.4, -0.2) is 31.5 Å². The fraction of sp³-hybridized carbons (Fsp3) is 0.250. The highest BCUT2D eigenvalue weighted by Crippen LogP contribution is 2.19.